The van der Waals surface area contributed by atoms with Gasteiger partial charge in [-0.15, -0.1) is 0 Å². The van der Waals surface area contributed by atoms with Crippen molar-refractivity contribution in [3.63, 3.8) is 0 Å². The van der Waals surface area contributed by atoms with Gasteiger partial charge in [0.1, 0.15) is 5.75 Å². The fourth-order valence-electron chi connectivity index (χ4n) is 5.79. The molecule has 1 heterocycles. The van der Waals surface area contributed by atoms with E-state index in [4.69, 9.17) is 4.74 Å². The number of piperidine rings is 1. The second-order valence-corrected chi connectivity index (χ2v) is 10.0. The first-order chi connectivity index (χ1) is 15.7. The topological polar surface area (TPSA) is 41.6 Å². The SMILES string of the molecule is CCCCOc1ccc(C(=O)NC2CCc3cc(CN4CC5CCC4C5)ccc3C2)cc1. The van der Waals surface area contributed by atoms with Crippen molar-refractivity contribution in [3.05, 3.63) is 64.7 Å². The van der Waals surface area contributed by atoms with Crippen LogP contribution in [0.25, 0.3) is 0 Å². The molecule has 1 aliphatic heterocycles. The van der Waals surface area contributed by atoms with Crippen LogP contribution in [-0.4, -0.2) is 36.0 Å². The maximum Gasteiger partial charge on any atom is 0.251 e. The molecule has 0 aromatic heterocycles. The number of likely N-dealkylation sites (tertiary alicyclic amines) is 1. The molecule has 2 aliphatic carbocycles. The van der Waals surface area contributed by atoms with Crippen molar-refractivity contribution in [2.75, 3.05) is 13.2 Å². The molecule has 0 spiro atoms. The predicted octanol–water partition coefficient (Wildman–Crippen LogP) is 5.14. The largest absolute Gasteiger partial charge is 0.494 e. The third-order valence-electron chi connectivity index (χ3n) is 7.63. The molecule has 2 bridgehead atoms. The molecule has 4 nitrogen and oxygen atoms in total. The number of amides is 1. The Morgan fingerprint density at radius 1 is 1.09 bits per heavy atom. The van der Waals surface area contributed by atoms with Crippen LogP contribution in [0.15, 0.2) is 42.5 Å². The first kappa shape index (κ1) is 21.5. The highest BCUT2D eigenvalue weighted by Crippen LogP contribution is 2.38. The van der Waals surface area contributed by atoms with Crippen LogP contribution in [0.1, 0.15) is 72.5 Å². The minimum atomic E-state index is 0.0132. The van der Waals surface area contributed by atoms with Crippen LogP contribution < -0.4 is 10.1 Å². The fourth-order valence-corrected chi connectivity index (χ4v) is 5.79. The van der Waals surface area contributed by atoms with Crippen LogP contribution in [-0.2, 0) is 19.4 Å². The minimum absolute atomic E-state index is 0.0132. The lowest BCUT2D eigenvalue weighted by atomic mass is 9.87. The first-order valence-electron chi connectivity index (χ1n) is 12.6. The Bertz CT molecular complexity index is 939. The molecular formula is C28H36N2O2. The summed E-state index contributed by atoms with van der Waals surface area (Å²) in [5.74, 6) is 1.80. The first-order valence-corrected chi connectivity index (χ1v) is 12.6. The van der Waals surface area contributed by atoms with Gasteiger partial charge < -0.3 is 10.1 Å². The van der Waals surface area contributed by atoms with E-state index in [9.17, 15) is 4.79 Å². The highest BCUT2D eigenvalue weighted by Gasteiger charge is 2.37. The zero-order chi connectivity index (χ0) is 21.9. The monoisotopic (exact) mass is 432 g/mol. The lowest BCUT2D eigenvalue weighted by Gasteiger charge is -2.29. The van der Waals surface area contributed by atoms with Crippen LogP contribution in [0.3, 0.4) is 0 Å². The summed E-state index contributed by atoms with van der Waals surface area (Å²) in [6.45, 7) is 5.27. The average molecular weight is 433 g/mol. The Morgan fingerprint density at radius 3 is 2.72 bits per heavy atom. The zero-order valence-electron chi connectivity index (χ0n) is 19.3. The van der Waals surface area contributed by atoms with E-state index in [1.165, 1.54) is 42.5 Å². The quantitative estimate of drug-likeness (QED) is 0.588. The molecule has 4 heteroatoms. The lowest BCUT2D eigenvalue weighted by molar-refractivity contribution is 0.0933. The third kappa shape index (κ3) is 4.85. The van der Waals surface area contributed by atoms with Crippen molar-refractivity contribution in [3.8, 4) is 5.75 Å². The number of ether oxygens (including phenoxy) is 1. The number of hydrogen-bond donors (Lipinski definition) is 1. The number of unbranched alkanes of at least 4 members (excludes halogenated alkanes) is 1. The van der Waals surface area contributed by atoms with Gasteiger partial charge in [-0.1, -0.05) is 31.5 Å². The Labute approximate surface area is 192 Å². The summed E-state index contributed by atoms with van der Waals surface area (Å²) >= 11 is 0. The van der Waals surface area contributed by atoms with E-state index >= 15 is 0 Å². The molecule has 1 saturated heterocycles. The lowest BCUT2D eigenvalue weighted by Crippen LogP contribution is -2.39. The number of nitrogens with one attached hydrogen (secondary N) is 1. The van der Waals surface area contributed by atoms with E-state index in [1.807, 2.05) is 24.3 Å². The van der Waals surface area contributed by atoms with Crippen molar-refractivity contribution in [1.29, 1.82) is 0 Å². The van der Waals surface area contributed by atoms with Gasteiger partial charge in [0.2, 0.25) is 0 Å². The van der Waals surface area contributed by atoms with Gasteiger partial charge in [-0.2, -0.15) is 0 Å². The molecule has 2 aromatic carbocycles. The summed E-state index contributed by atoms with van der Waals surface area (Å²) in [6, 6.07) is 15.6. The van der Waals surface area contributed by atoms with Gasteiger partial charge in [-0.3, -0.25) is 9.69 Å². The molecule has 1 N–H and O–H groups in total. The van der Waals surface area contributed by atoms with Crippen LogP contribution in [0.5, 0.6) is 5.75 Å². The molecule has 1 amide bonds. The van der Waals surface area contributed by atoms with Gasteiger partial charge >= 0.3 is 0 Å². The summed E-state index contributed by atoms with van der Waals surface area (Å²) in [5.41, 5.74) is 5.03. The number of rotatable bonds is 8. The Morgan fingerprint density at radius 2 is 1.97 bits per heavy atom. The number of fused-ring (bicyclic) bond motifs is 3. The smallest absolute Gasteiger partial charge is 0.251 e. The van der Waals surface area contributed by atoms with Gasteiger partial charge in [0, 0.05) is 30.7 Å². The van der Waals surface area contributed by atoms with E-state index in [1.54, 1.807) is 0 Å². The molecule has 1 saturated carbocycles. The Hall–Kier alpha value is -2.33. The van der Waals surface area contributed by atoms with Crippen LogP contribution in [0.2, 0.25) is 0 Å². The number of carbonyl (C=O) groups excluding carboxylic acids is 1. The second kappa shape index (κ2) is 9.66. The van der Waals surface area contributed by atoms with Gasteiger partial charge in [0.25, 0.3) is 5.91 Å². The standard InChI is InChI=1S/C28H36N2O2/c1-2-3-14-32-27-12-8-22(9-13-27)28(31)29-25-10-7-23-15-20(4-6-24(23)17-25)18-30-19-21-5-11-26(30)16-21/h4,6,8-9,12-13,15,21,25-26H,2-3,5,7,10-11,14,16-19H2,1H3,(H,29,31). The maximum atomic E-state index is 12.7. The maximum absolute atomic E-state index is 12.7. The van der Waals surface area contributed by atoms with Gasteiger partial charge in [-0.05, 0) is 91.8 Å². The van der Waals surface area contributed by atoms with E-state index in [0.717, 1.165) is 63.0 Å². The van der Waals surface area contributed by atoms with Gasteiger partial charge in [-0.25, -0.2) is 0 Å². The summed E-state index contributed by atoms with van der Waals surface area (Å²) in [7, 11) is 0. The average Bonchev–Trinajstić information content (AvgIpc) is 3.43. The summed E-state index contributed by atoms with van der Waals surface area (Å²) in [5, 5.41) is 3.25. The molecule has 170 valence electrons. The van der Waals surface area contributed by atoms with E-state index in [0.29, 0.717) is 5.56 Å². The molecule has 3 atom stereocenters. The minimum Gasteiger partial charge on any atom is -0.494 e. The molecule has 5 rings (SSSR count). The van der Waals surface area contributed by atoms with Crippen molar-refractivity contribution < 1.29 is 9.53 Å². The molecule has 3 aliphatic rings. The molecule has 0 radical (unpaired) electrons. The third-order valence-corrected chi connectivity index (χ3v) is 7.63. The fraction of sp³-hybridized carbons (Fsp3) is 0.536. The number of aryl methyl sites for hydroxylation is 1. The van der Waals surface area contributed by atoms with Crippen LogP contribution >= 0.6 is 0 Å². The number of carbonyl (C=O) groups is 1. The summed E-state index contributed by atoms with van der Waals surface area (Å²) in [6.07, 6.45) is 9.40. The van der Waals surface area contributed by atoms with Gasteiger partial charge in [0.15, 0.2) is 0 Å². The summed E-state index contributed by atoms with van der Waals surface area (Å²) < 4.78 is 5.70. The Kier molecular flexibility index (Phi) is 6.49. The van der Waals surface area contributed by atoms with Crippen molar-refractivity contribution in [2.45, 2.75) is 76.9 Å². The number of benzene rings is 2. The summed E-state index contributed by atoms with van der Waals surface area (Å²) in [4.78, 5) is 15.4. The highest BCUT2D eigenvalue weighted by atomic mass is 16.5. The zero-order valence-corrected chi connectivity index (χ0v) is 19.3. The van der Waals surface area contributed by atoms with E-state index < -0.39 is 0 Å². The molecule has 2 fully saturated rings. The number of hydrogen-bond acceptors (Lipinski definition) is 3. The van der Waals surface area contributed by atoms with E-state index in [2.05, 4.69) is 35.3 Å². The Balaban J connectivity index is 1.14. The number of nitrogens with zero attached hydrogens (tertiary/aromatic N) is 1. The molecule has 3 unspecified atom stereocenters. The van der Waals surface area contributed by atoms with Crippen molar-refractivity contribution in [1.82, 2.24) is 10.2 Å². The van der Waals surface area contributed by atoms with Crippen molar-refractivity contribution in [2.24, 2.45) is 5.92 Å². The molecule has 2 aromatic rings. The predicted molar refractivity (Wildman–Crippen MR) is 128 cm³/mol. The van der Waals surface area contributed by atoms with Crippen LogP contribution in [0.4, 0.5) is 0 Å². The highest BCUT2D eigenvalue weighted by molar-refractivity contribution is 5.94. The second-order valence-electron chi connectivity index (χ2n) is 10.0. The van der Waals surface area contributed by atoms with Crippen LogP contribution in [0, 0.1) is 5.92 Å². The molecule has 32 heavy (non-hydrogen) atoms. The normalized spacial score (nSPS) is 24.3. The molecular weight excluding hydrogens is 396 g/mol. The van der Waals surface area contributed by atoms with Crippen molar-refractivity contribution >= 4 is 5.91 Å². The van der Waals surface area contributed by atoms with Gasteiger partial charge in [0.05, 0.1) is 6.61 Å². The van der Waals surface area contributed by atoms with E-state index in [-0.39, 0.29) is 11.9 Å².